The molecule has 2 fully saturated rings. The number of hydrogen-bond donors (Lipinski definition) is 2. The Bertz CT molecular complexity index is 1360. The Hall–Kier alpha value is -4.17. The zero-order valence-electron chi connectivity index (χ0n) is 18.9. The fourth-order valence-corrected chi connectivity index (χ4v) is 4.24. The van der Waals surface area contributed by atoms with Crippen molar-refractivity contribution in [1.29, 1.82) is 5.26 Å². The van der Waals surface area contributed by atoms with Crippen molar-refractivity contribution in [2.75, 3.05) is 48.8 Å². The highest BCUT2D eigenvalue weighted by Gasteiger charge is 2.23. The quantitative estimate of drug-likeness (QED) is 0.452. The van der Waals surface area contributed by atoms with E-state index in [1.54, 1.807) is 23.4 Å². The van der Waals surface area contributed by atoms with E-state index in [4.69, 9.17) is 0 Å². The minimum Gasteiger partial charge on any atom is -0.367 e. The van der Waals surface area contributed by atoms with Gasteiger partial charge in [0, 0.05) is 44.0 Å². The van der Waals surface area contributed by atoms with Crippen LogP contribution >= 0.6 is 0 Å². The lowest BCUT2D eigenvalue weighted by Gasteiger charge is -2.35. The fourth-order valence-electron chi connectivity index (χ4n) is 4.24. The standard InChI is InChI=1S/C23H25N11/c1-31-6-8-32(9-7-31)19-5-4-18(10-20(19)33-14-25-26-15-33)28-21-11-22(29-17-2-3-17)34-23(30-21)16(12-24)13-27-34/h4-5,10-11,13-15,17,29H,2-3,6-9H2,1H3,(H,28,30). The van der Waals surface area contributed by atoms with Crippen LogP contribution in [0.15, 0.2) is 43.1 Å². The smallest absolute Gasteiger partial charge is 0.177 e. The first-order valence-electron chi connectivity index (χ1n) is 11.4. The molecule has 4 aromatic rings. The number of nitrogens with one attached hydrogen (secondary N) is 2. The van der Waals surface area contributed by atoms with Gasteiger partial charge in [0.2, 0.25) is 0 Å². The number of aromatic nitrogens is 6. The molecule has 1 saturated carbocycles. The van der Waals surface area contributed by atoms with Crippen molar-refractivity contribution in [2.24, 2.45) is 0 Å². The number of piperazine rings is 1. The number of rotatable bonds is 6. The second-order valence-corrected chi connectivity index (χ2v) is 8.84. The minimum atomic E-state index is 0.441. The summed E-state index contributed by atoms with van der Waals surface area (Å²) in [5, 5.41) is 28.8. The summed E-state index contributed by atoms with van der Waals surface area (Å²) < 4.78 is 3.63. The Labute approximate surface area is 196 Å². The highest BCUT2D eigenvalue weighted by molar-refractivity contribution is 5.73. The molecule has 172 valence electrons. The molecule has 1 saturated heterocycles. The third-order valence-electron chi connectivity index (χ3n) is 6.31. The fraction of sp³-hybridized carbons (Fsp3) is 0.348. The summed E-state index contributed by atoms with van der Waals surface area (Å²) in [6.07, 6.45) is 7.25. The van der Waals surface area contributed by atoms with Crippen LogP contribution in [0.5, 0.6) is 0 Å². The van der Waals surface area contributed by atoms with E-state index in [1.807, 2.05) is 10.6 Å². The predicted molar refractivity (Wildman–Crippen MR) is 129 cm³/mol. The number of benzene rings is 1. The van der Waals surface area contributed by atoms with Crippen molar-refractivity contribution < 1.29 is 0 Å². The lowest BCUT2D eigenvalue weighted by molar-refractivity contribution is 0.313. The second-order valence-electron chi connectivity index (χ2n) is 8.84. The summed E-state index contributed by atoms with van der Waals surface area (Å²) in [7, 11) is 2.15. The lowest BCUT2D eigenvalue weighted by Crippen LogP contribution is -2.44. The second kappa shape index (κ2) is 8.31. The molecular formula is C23H25N11. The van der Waals surface area contributed by atoms with Crippen molar-refractivity contribution in [3.63, 3.8) is 0 Å². The molecule has 0 spiro atoms. The molecule has 3 aromatic heterocycles. The number of nitriles is 1. The molecule has 0 radical (unpaired) electrons. The average molecular weight is 456 g/mol. The molecule has 0 amide bonds. The van der Waals surface area contributed by atoms with E-state index in [0.29, 0.717) is 23.1 Å². The summed E-state index contributed by atoms with van der Waals surface area (Å²) in [5.41, 5.74) is 4.00. The zero-order chi connectivity index (χ0) is 23.1. The van der Waals surface area contributed by atoms with E-state index in [0.717, 1.165) is 61.9 Å². The molecule has 34 heavy (non-hydrogen) atoms. The Balaban J connectivity index is 1.36. The maximum atomic E-state index is 9.50. The van der Waals surface area contributed by atoms with Gasteiger partial charge in [-0.05, 0) is 38.1 Å². The van der Waals surface area contributed by atoms with Crippen LogP contribution in [0, 0.1) is 11.3 Å². The third-order valence-corrected chi connectivity index (χ3v) is 6.31. The van der Waals surface area contributed by atoms with Gasteiger partial charge in [0.25, 0.3) is 0 Å². The number of nitrogens with zero attached hydrogens (tertiary/aromatic N) is 9. The van der Waals surface area contributed by atoms with Crippen LogP contribution in [0.3, 0.4) is 0 Å². The number of anilines is 4. The van der Waals surface area contributed by atoms with E-state index in [2.05, 4.69) is 72.0 Å². The van der Waals surface area contributed by atoms with Crippen molar-refractivity contribution in [2.45, 2.75) is 18.9 Å². The summed E-state index contributed by atoms with van der Waals surface area (Å²) in [4.78, 5) is 9.42. The van der Waals surface area contributed by atoms with Gasteiger partial charge in [0.1, 0.15) is 35.9 Å². The predicted octanol–water partition coefficient (Wildman–Crippen LogP) is 2.25. The van der Waals surface area contributed by atoms with Gasteiger partial charge in [-0.2, -0.15) is 14.9 Å². The van der Waals surface area contributed by atoms with Gasteiger partial charge in [-0.1, -0.05) is 0 Å². The first-order valence-corrected chi connectivity index (χ1v) is 11.4. The number of likely N-dealkylation sites (N-methyl/N-ethyl adjacent to an activating group) is 1. The molecule has 1 aromatic carbocycles. The Morgan fingerprint density at radius 1 is 1.03 bits per heavy atom. The zero-order valence-corrected chi connectivity index (χ0v) is 18.9. The van der Waals surface area contributed by atoms with Gasteiger partial charge in [-0.3, -0.25) is 4.57 Å². The van der Waals surface area contributed by atoms with Crippen LogP contribution in [0.1, 0.15) is 18.4 Å². The summed E-state index contributed by atoms with van der Waals surface area (Å²) in [5.74, 6) is 1.47. The van der Waals surface area contributed by atoms with Gasteiger partial charge in [-0.15, -0.1) is 10.2 Å². The summed E-state index contributed by atoms with van der Waals surface area (Å²) >= 11 is 0. The van der Waals surface area contributed by atoms with Gasteiger partial charge < -0.3 is 20.4 Å². The normalized spacial score (nSPS) is 16.5. The minimum absolute atomic E-state index is 0.441. The highest BCUT2D eigenvalue weighted by atomic mass is 15.3. The van der Waals surface area contributed by atoms with E-state index in [1.165, 1.54) is 0 Å². The van der Waals surface area contributed by atoms with Gasteiger partial charge in [0.15, 0.2) is 5.65 Å². The van der Waals surface area contributed by atoms with Gasteiger partial charge in [0.05, 0.1) is 17.6 Å². The highest BCUT2D eigenvalue weighted by Crippen LogP contribution is 2.31. The summed E-state index contributed by atoms with van der Waals surface area (Å²) in [6.45, 7) is 3.97. The molecule has 0 unspecified atom stereocenters. The van der Waals surface area contributed by atoms with Crippen LogP contribution in [0.4, 0.5) is 23.0 Å². The largest absolute Gasteiger partial charge is 0.367 e. The molecule has 11 heteroatoms. The third kappa shape index (κ3) is 3.88. The molecule has 6 rings (SSSR count). The summed E-state index contributed by atoms with van der Waals surface area (Å²) in [6, 6.07) is 10.8. The van der Waals surface area contributed by atoms with E-state index >= 15 is 0 Å². The Morgan fingerprint density at radius 2 is 1.82 bits per heavy atom. The molecule has 0 bridgehead atoms. The Morgan fingerprint density at radius 3 is 2.56 bits per heavy atom. The number of hydrogen-bond acceptors (Lipinski definition) is 9. The van der Waals surface area contributed by atoms with Crippen molar-refractivity contribution in [3.05, 3.63) is 48.7 Å². The van der Waals surface area contributed by atoms with E-state index in [-0.39, 0.29) is 0 Å². The maximum absolute atomic E-state index is 9.50. The molecule has 2 aliphatic rings. The maximum Gasteiger partial charge on any atom is 0.177 e. The SMILES string of the molecule is CN1CCN(c2ccc(Nc3cc(NC4CC4)n4ncc(C#N)c4n3)cc2-n2cnnc2)CC1. The topological polar surface area (TPSA) is 115 Å². The van der Waals surface area contributed by atoms with Crippen molar-refractivity contribution >= 4 is 28.7 Å². The molecule has 2 N–H and O–H groups in total. The van der Waals surface area contributed by atoms with Crippen LogP contribution in [0.2, 0.25) is 0 Å². The van der Waals surface area contributed by atoms with Gasteiger partial charge >= 0.3 is 0 Å². The molecule has 4 heterocycles. The van der Waals surface area contributed by atoms with Crippen molar-refractivity contribution in [3.8, 4) is 11.8 Å². The molecule has 1 aliphatic heterocycles. The first kappa shape index (κ1) is 20.4. The lowest BCUT2D eigenvalue weighted by atomic mass is 10.2. The average Bonchev–Trinajstić information content (AvgIpc) is 3.32. The van der Waals surface area contributed by atoms with Crippen LogP contribution in [-0.4, -0.2) is 73.5 Å². The number of fused-ring (bicyclic) bond motifs is 1. The van der Waals surface area contributed by atoms with Gasteiger partial charge in [-0.25, -0.2) is 4.98 Å². The van der Waals surface area contributed by atoms with Crippen LogP contribution in [-0.2, 0) is 0 Å². The molecule has 1 aliphatic carbocycles. The molecular weight excluding hydrogens is 430 g/mol. The van der Waals surface area contributed by atoms with Crippen LogP contribution < -0.4 is 15.5 Å². The van der Waals surface area contributed by atoms with E-state index in [9.17, 15) is 5.26 Å². The first-order chi connectivity index (χ1) is 16.7. The van der Waals surface area contributed by atoms with E-state index < -0.39 is 0 Å². The molecule has 0 atom stereocenters. The molecule has 11 nitrogen and oxygen atoms in total. The van der Waals surface area contributed by atoms with Crippen molar-refractivity contribution in [1.82, 2.24) is 34.3 Å². The van der Waals surface area contributed by atoms with Crippen LogP contribution in [0.25, 0.3) is 11.3 Å². The Kier molecular flexibility index (Phi) is 5.00. The monoisotopic (exact) mass is 455 g/mol.